The van der Waals surface area contributed by atoms with Gasteiger partial charge in [-0.3, -0.25) is 4.79 Å². The second-order valence-corrected chi connectivity index (χ2v) is 8.98. The van der Waals surface area contributed by atoms with Gasteiger partial charge in [0, 0.05) is 5.56 Å². The third-order valence-electron chi connectivity index (χ3n) is 3.86. The summed E-state index contributed by atoms with van der Waals surface area (Å²) in [7, 11) is -1.84. The first-order valence-corrected chi connectivity index (χ1v) is 9.38. The van der Waals surface area contributed by atoms with Crippen molar-refractivity contribution in [1.82, 2.24) is 4.72 Å². The molecule has 0 radical (unpaired) electrons. The fourth-order valence-corrected chi connectivity index (χ4v) is 3.15. The van der Waals surface area contributed by atoms with Crippen molar-refractivity contribution < 1.29 is 17.8 Å². The average molecular weight is 390 g/mol. The van der Waals surface area contributed by atoms with Crippen LogP contribution in [-0.4, -0.2) is 20.7 Å². The van der Waals surface area contributed by atoms with E-state index in [9.17, 15) is 9.00 Å². The van der Waals surface area contributed by atoms with Crippen LogP contribution in [0.25, 0.3) is 0 Å². The maximum Gasteiger partial charge on any atom is 0.329 e. The third-order valence-corrected chi connectivity index (χ3v) is 5.42. The number of rotatable bonds is 6. The molecule has 0 amide bonds. The molecule has 2 aromatic carbocycles. The lowest BCUT2D eigenvalue weighted by atomic mass is 9.94. The normalized spacial score (nSPS) is 14.2. The highest BCUT2D eigenvalue weighted by molar-refractivity contribution is 7.84. The van der Waals surface area contributed by atoms with Gasteiger partial charge in [-0.15, -0.1) is 0 Å². The highest BCUT2D eigenvalue weighted by Crippen LogP contribution is 2.35. The van der Waals surface area contributed by atoms with Crippen LogP contribution in [0.15, 0.2) is 54.6 Å². The Labute approximate surface area is 159 Å². The van der Waals surface area contributed by atoms with E-state index in [1.165, 1.54) is 48.5 Å². The first-order valence-electron chi connectivity index (χ1n) is 8.23. The van der Waals surface area contributed by atoms with E-state index in [4.69, 9.17) is 5.26 Å². The summed E-state index contributed by atoms with van der Waals surface area (Å²) in [4.78, 5) is 12.5. The van der Waals surface area contributed by atoms with E-state index < -0.39 is 33.5 Å². The predicted octanol–water partition coefficient (Wildman–Crippen LogP) is 4.17. The maximum absolute atomic E-state index is 15.2. The van der Waals surface area contributed by atoms with Crippen LogP contribution in [0.5, 0.6) is 0 Å². The number of alkyl halides is 2. The van der Waals surface area contributed by atoms with Crippen LogP contribution < -0.4 is 4.72 Å². The summed E-state index contributed by atoms with van der Waals surface area (Å²) >= 11 is 0. The molecule has 2 atom stereocenters. The van der Waals surface area contributed by atoms with Crippen LogP contribution >= 0.6 is 0 Å². The number of carbonyl (C=O) groups excluding carboxylic acids is 1. The van der Waals surface area contributed by atoms with Crippen molar-refractivity contribution in [2.45, 2.75) is 37.5 Å². The Bertz CT molecular complexity index is 870. The topological polar surface area (TPSA) is 70.0 Å². The quantitative estimate of drug-likeness (QED) is 0.753. The molecule has 0 heterocycles. The van der Waals surface area contributed by atoms with Gasteiger partial charge in [0.15, 0.2) is 0 Å². The molecule has 0 saturated heterocycles. The number of carbonyl (C=O) groups is 1. The zero-order chi connectivity index (χ0) is 20.2. The van der Waals surface area contributed by atoms with E-state index in [1.54, 1.807) is 26.8 Å². The molecule has 27 heavy (non-hydrogen) atoms. The van der Waals surface area contributed by atoms with Crippen molar-refractivity contribution in [3.05, 3.63) is 71.3 Å². The van der Waals surface area contributed by atoms with Crippen LogP contribution in [-0.2, 0) is 11.0 Å². The summed E-state index contributed by atoms with van der Waals surface area (Å²) in [5.74, 6) is -5.22. The molecule has 142 valence electrons. The summed E-state index contributed by atoms with van der Waals surface area (Å²) < 4.78 is 44.4. The van der Waals surface area contributed by atoms with Crippen molar-refractivity contribution in [1.29, 1.82) is 5.26 Å². The van der Waals surface area contributed by atoms with E-state index in [0.717, 1.165) is 0 Å². The standard InChI is InChI=1S/C20H20F2N2O2S/c1-19(2,3)27(26)24-17(15-11-9-14(13-23)10-12-15)20(21,22)18(25)16-7-5-4-6-8-16/h4-12,17,24H,1-3H3/t17-,27?/m1/s1. The van der Waals surface area contributed by atoms with E-state index in [0.29, 0.717) is 5.56 Å². The molecule has 0 aliphatic rings. The van der Waals surface area contributed by atoms with Crippen LogP contribution in [0, 0.1) is 11.3 Å². The fraction of sp³-hybridized carbons (Fsp3) is 0.300. The number of hydrogen-bond acceptors (Lipinski definition) is 3. The molecule has 2 aromatic rings. The number of ketones is 1. The Morgan fingerprint density at radius 3 is 2.11 bits per heavy atom. The molecule has 0 bridgehead atoms. The lowest BCUT2D eigenvalue weighted by Crippen LogP contribution is -2.47. The van der Waals surface area contributed by atoms with Crippen molar-refractivity contribution in [2.75, 3.05) is 0 Å². The van der Waals surface area contributed by atoms with Gasteiger partial charge in [0.05, 0.1) is 27.4 Å². The van der Waals surface area contributed by atoms with Gasteiger partial charge < -0.3 is 0 Å². The zero-order valence-corrected chi connectivity index (χ0v) is 16.0. The number of nitrogens with one attached hydrogen (secondary N) is 1. The van der Waals surface area contributed by atoms with Gasteiger partial charge in [-0.1, -0.05) is 42.5 Å². The second kappa shape index (κ2) is 8.07. The molecule has 0 aliphatic carbocycles. The molecule has 1 N–H and O–H groups in total. The SMILES string of the molecule is CC(C)(C)S(=O)N[C@H](c1ccc(C#N)cc1)C(F)(F)C(=O)c1ccccc1. The van der Waals surface area contributed by atoms with E-state index >= 15 is 8.78 Å². The smallest absolute Gasteiger partial charge is 0.287 e. The van der Waals surface area contributed by atoms with Crippen molar-refractivity contribution in [3.63, 3.8) is 0 Å². The Hall–Kier alpha value is -2.43. The van der Waals surface area contributed by atoms with Gasteiger partial charge in [0.2, 0.25) is 5.78 Å². The highest BCUT2D eigenvalue weighted by atomic mass is 32.2. The van der Waals surface area contributed by atoms with Crippen molar-refractivity contribution in [2.24, 2.45) is 0 Å². The monoisotopic (exact) mass is 390 g/mol. The van der Waals surface area contributed by atoms with E-state index in [1.807, 2.05) is 6.07 Å². The lowest BCUT2D eigenvalue weighted by Gasteiger charge is -2.29. The Kier molecular flexibility index (Phi) is 6.24. The number of nitriles is 1. The molecular formula is C20H20F2N2O2S. The first kappa shape index (κ1) is 20.9. The highest BCUT2D eigenvalue weighted by Gasteiger charge is 2.49. The Morgan fingerprint density at radius 1 is 1.07 bits per heavy atom. The molecule has 0 aromatic heterocycles. The molecule has 2 rings (SSSR count). The van der Waals surface area contributed by atoms with Crippen LogP contribution in [0.1, 0.15) is 48.3 Å². The Balaban J connectivity index is 2.48. The molecule has 0 aliphatic heterocycles. The number of nitrogens with zero attached hydrogens (tertiary/aromatic N) is 1. The minimum absolute atomic E-state index is 0.0703. The van der Waals surface area contributed by atoms with Gasteiger partial charge in [-0.25, -0.2) is 8.93 Å². The summed E-state index contributed by atoms with van der Waals surface area (Å²) in [5, 5.41) is 8.90. The minimum atomic E-state index is -3.85. The minimum Gasteiger partial charge on any atom is -0.287 e. The summed E-state index contributed by atoms with van der Waals surface area (Å²) in [6, 6.07) is 12.8. The van der Waals surface area contributed by atoms with Crippen LogP contribution in [0.3, 0.4) is 0 Å². The number of hydrogen-bond donors (Lipinski definition) is 1. The molecule has 7 heteroatoms. The van der Waals surface area contributed by atoms with Gasteiger partial charge in [-0.2, -0.15) is 14.0 Å². The molecular weight excluding hydrogens is 370 g/mol. The fourth-order valence-electron chi connectivity index (χ4n) is 2.30. The molecule has 0 fully saturated rings. The molecule has 0 saturated carbocycles. The van der Waals surface area contributed by atoms with Crippen LogP contribution in [0.4, 0.5) is 8.78 Å². The lowest BCUT2D eigenvalue weighted by molar-refractivity contribution is -0.0108. The third kappa shape index (κ3) is 4.85. The molecule has 4 nitrogen and oxygen atoms in total. The predicted molar refractivity (Wildman–Crippen MR) is 101 cm³/mol. The van der Waals surface area contributed by atoms with Gasteiger partial charge in [-0.05, 0) is 38.5 Å². The Morgan fingerprint density at radius 2 is 1.63 bits per heavy atom. The average Bonchev–Trinajstić information content (AvgIpc) is 2.65. The number of halogens is 2. The number of benzene rings is 2. The summed E-state index contributed by atoms with van der Waals surface area (Å²) in [6.45, 7) is 4.93. The van der Waals surface area contributed by atoms with E-state index in [2.05, 4.69) is 4.72 Å². The summed E-state index contributed by atoms with van der Waals surface area (Å²) in [6.07, 6.45) is 0. The summed E-state index contributed by atoms with van der Waals surface area (Å²) in [5.41, 5.74) is 0.234. The van der Waals surface area contributed by atoms with E-state index in [-0.39, 0.29) is 11.1 Å². The van der Waals surface area contributed by atoms with Gasteiger partial charge in [0.25, 0.3) is 0 Å². The van der Waals surface area contributed by atoms with Gasteiger partial charge >= 0.3 is 5.92 Å². The maximum atomic E-state index is 15.2. The number of Topliss-reactive ketones (excluding diaryl/α,β-unsaturated/α-hetero) is 1. The first-order chi connectivity index (χ1) is 12.6. The second-order valence-electron chi connectivity index (χ2n) is 6.98. The van der Waals surface area contributed by atoms with Crippen molar-refractivity contribution in [3.8, 4) is 6.07 Å². The molecule has 0 spiro atoms. The van der Waals surface area contributed by atoms with Crippen molar-refractivity contribution >= 4 is 16.8 Å². The largest absolute Gasteiger partial charge is 0.329 e. The van der Waals surface area contributed by atoms with Gasteiger partial charge in [0.1, 0.15) is 6.04 Å². The zero-order valence-electron chi connectivity index (χ0n) is 15.2. The molecule has 1 unspecified atom stereocenters. The van der Waals surface area contributed by atoms with Crippen LogP contribution in [0.2, 0.25) is 0 Å².